The Kier molecular flexibility index (Phi) is 4.11. The fraction of sp³-hybridized carbons (Fsp3) is 0.214. The standard InChI is InChI=1S/C14H16N2O/c17-9-7-12-4-3-6-13(10-12)16-11-14-5-1-2-8-15-14/h1-6,8,10,16-17H,7,9,11H2. The topological polar surface area (TPSA) is 45.1 Å². The molecule has 3 heteroatoms. The van der Waals surface area contributed by atoms with Gasteiger partial charge in [0.05, 0.1) is 12.2 Å². The van der Waals surface area contributed by atoms with Crippen LogP contribution >= 0.6 is 0 Å². The Balaban J connectivity index is 1.97. The van der Waals surface area contributed by atoms with Crippen LogP contribution in [-0.4, -0.2) is 16.7 Å². The van der Waals surface area contributed by atoms with Crippen molar-refractivity contribution in [1.29, 1.82) is 0 Å². The average Bonchev–Trinajstić information content (AvgIpc) is 2.39. The van der Waals surface area contributed by atoms with Gasteiger partial charge in [-0.25, -0.2) is 0 Å². The van der Waals surface area contributed by atoms with Crippen molar-refractivity contribution in [3.05, 3.63) is 59.9 Å². The van der Waals surface area contributed by atoms with Gasteiger partial charge >= 0.3 is 0 Å². The minimum Gasteiger partial charge on any atom is -0.396 e. The maximum absolute atomic E-state index is 8.89. The molecule has 2 N–H and O–H groups in total. The van der Waals surface area contributed by atoms with Gasteiger partial charge in [0.15, 0.2) is 0 Å². The van der Waals surface area contributed by atoms with Crippen LogP contribution in [0.1, 0.15) is 11.3 Å². The highest BCUT2D eigenvalue weighted by molar-refractivity contribution is 5.46. The molecule has 0 aliphatic heterocycles. The van der Waals surface area contributed by atoms with Gasteiger partial charge in [-0.15, -0.1) is 0 Å². The Hall–Kier alpha value is -1.87. The number of hydrogen-bond donors (Lipinski definition) is 2. The number of benzene rings is 1. The smallest absolute Gasteiger partial charge is 0.0594 e. The first kappa shape index (κ1) is 11.6. The second kappa shape index (κ2) is 6.01. The van der Waals surface area contributed by atoms with Crippen LogP contribution in [0.4, 0.5) is 5.69 Å². The highest BCUT2D eigenvalue weighted by atomic mass is 16.2. The summed E-state index contributed by atoms with van der Waals surface area (Å²) in [7, 11) is 0. The molecule has 1 heterocycles. The quantitative estimate of drug-likeness (QED) is 0.825. The van der Waals surface area contributed by atoms with Crippen LogP contribution in [0.15, 0.2) is 48.7 Å². The minimum absolute atomic E-state index is 0.184. The molecule has 1 aromatic carbocycles. The molecule has 0 unspecified atom stereocenters. The van der Waals surface area contributed by atoms with E-state index in [9.17, 15) is 0 Å². The SMILES string of the molecule is OCCc1cccc(NCc2ccccn2)c1. The lowest BCUT2D eigenvalue weighted by Crippen LogP contribution is -2.01. The molecule has 0 saturated carbocycles. The number of aromatic nitrogens is 1. The van der Waals surface area contributed by atoms with Gasteiger partial charge in [0.25, 0.3) is 0 Å². The van der Waals surface area contributed by atoms with E-state index in [-0.39, 0.29) is 6.61 Å². The third-order valence-corrected chi connectivity index (χ3v) is 2.53. The normalized spacial score (nSPS) is 10.2. The zero-order valence-corrected chi connectivity index (χ0v) is 9.63. The zero-order valence-electron chi connectivity index (χ0n) is 9.63. The summed E-state index contributed by atoms with van der Waals surface area (Å²) in [5, 5.41) is 12.2. The first-order valence-corrected chi connectivity index (χ1v) is 5.72. The number of anilines is 1. The number of pyridine rings is 1. The molecule has 0 fully saturated rings. The molecule has 1 aromatic heterocycles. The van der Waals surface area contributed by atoms with Crippen molar-refractivity contribution in [2.75, 3.05) is 11.9 Å². The first-order valence-electron chi connectivity index (χ1n) is 5.72. The Morgan fingerprint density at radius 3 is 2.82 bits per heavy atom. The molecule has 0 amide bonds. The van der Waals surface area contributed by atoms with Crippen LogP contribution in [0.5, 0.6) is 0 Å². The fourth-order valence-corrected chi connectivity index (χ4v) is 1.66. The molecule has 2 aromatic rings. The van der Waals surface area contributed by atoms with Crippen molar-refractivity contribution in [2.45, 2.75) is 13.0 Å². The molecule has 0 radical (unpaired) electrons. The lowest BCUT2D eigenvalue weighted by molar-refractivity contribution is 0.299. The van der Waals surface area contributed by atoms with Crippen molar-refractivity contribution in [2.24, 2.45) is 0 Å². The summed E-state index contributed by atoms with van der Waals surface area (Å²) in [5.41, 5.74) is 3.21. The molecule has 0 bridgehead atoms. The molecule has 0 spiro atoms. The third-order valence-electron chi connectivity index (χ3n) is 2.53. The lowest BCUT2D eigenvalue weighted by Gasteiger charge is -2.07. The lowest BCUT2D eigenvalue weighted by atomic mass is 10.1. The molecule has 3 nitrogen and oxygen atoms in total. The van der Waals surface area contributed by atoms with Crippen molar-refractivity contribution >= 4 is 5.69 Å². The van der Waals surface area contributed by atoms with Crippen LogP contribution in [0.3, 0.4) is 0 Å². The molecule has 0 saturated heterocycles. The fourth-order valence-electron chi connectivity index (χ4n) is 1.66. The van der Waals surface area contributed by atoms with Gasteiger partial charge in [-0.3, -0.25) is 4.98 Å². The average molecular weight is 228 g/mol. The zero-order chi connectivity index (χ0) is 11.9. The summed E-state index contributed by atoms with van der Waals surface area (Å²) in [6, 6.07) is 14.0. The molecule has 0 aliphatic rings. The van der Waals surface area contributed by atoms with Crippen molar-refractivity contribution < 1.29 is 5.11 Å². The summed E-state index contributed by atoms with van der Waals surface area (Å²) >= 11 is 0. The predicted molar refractivity (Wildman–Crippen MR) is 68.8 cm³/mol. The van der Waals surface area contributed by atoms with E-state index in [0.29, 0.717) is 13.0 Å². The number of nitrogens with one attached hydrogen (secondary N) is 1. The monoisotopic (exact) mass is 228 g/mol. The summed E-state index contributed by atoms with van der Waals surface area (Å²) in [6.45, 7) is 0.896. The van der Waals surface area contributed by atoms with Crippen molar-refractivity contribution in [1.82, 2.24) is 4.98 Å². The maximum Gasteiger partial charge on any atom is 0.0594 e. The van der Waals surface area contributed by atoms with E-state index in [0.717, 1.165) is 16.9 Å². The maximum atomic E-state index is 8.89. The molecule has 0 aliphatic carbocycles. The minimum atomic E-state index is 0.184. The molecule has 88 valence electrons. The van der Waals surface area contributed by atoms with Gasteiger partial charge < -0.3 is 10.4 Å². The molecule has 0 atom stereocenters. The van der Waals surface area contributed by atoms with Gasteiger partial charge in [-0.2, -0.15) is 0 Å². The summed E-state index contributed by atoms with van der Waals surface area (Å²) in [6.07, 6.45) is 2.48. The van der Waals surface area contributed by atoms with Gasteiger partial charge in [0.2, 0.25) is 0 Å². The van der Waals surface area contributed by atoms with E-state index in [1.54, 1.807) is 6.20 Å². The molecular weight excluding hydrogens is 212 g/mol. The number of aliphatic hydroxyl groups excluding tert-OH is 1. The first-order chi connectivity index (χ1) is 8.38. The Labute approximate surface area is 101 Å². The number of aliphatic hydroxyl groups is 1. The second-order valence-corrected chi connectivity index (χ2v) is 3.85. The second-order valence-electron chi connectivity index (χ2n) is 3.85. The molecule has 17 heavy (non-hydrogen) atoms. The van der Waals surface area contributed by atoms with E-state index in [4.69, 9.17) is 5.11 Å². The van der Waals surface area contributed by atoms with Gasteiger partial charge in [0.1, 0.15) is 0 Å². The molecule has 2 rings (SSSR count). The van der Waals surface area contributed by atoms with Gasteiger partial charge in [-0.05, 0) is 36.2 Å². The molecular formula is C14H16N2O. The van der Waals surface area contributed by atoms with E-state index < -0.39 is 0 Å². The predicted octanol–water partition coefficient (Wildman–Crippen LogP) is 2.23. The number of nitrogens with zero attached hydrogens (tertiary/aromatic N) is 1. The van der Waals surface area contributed by atoms with Crippen LogP contribution in [-0.2, 0) is 13.0 Å². The number of hydrogen-bond acceptors (Lipinski definition) is 3. The number of rotatable bonds is 5. The van der Waals surface area contributed by atoms with E-state index in [1.165, 1.54) is 0 Å². The third kappa shape index (κ3) is 3.57. The largest absolute Gasteiger partial charge is 0.396 e. The summed E-state index contributed by atoms with van der Waals surface area (Å²) in [5.74, 6) is 0. The van der Waals surface area contributed by atoms with Crippen LogP contribution in [0, 0.1) is 0 Å². The van der Waals surface area contributed by atoms with E-state index in [2.05, 4.69) is 16.4 Å². The summed E-state index contributed by atoms with van der Waals surface area (Å²) in [4.78, 5) is 4.25. The van der Waals surface area contributed by atoms with Crippen LogP contribution < -0.4 is 5.32 Å². The Bertz CT molecular complexity index is 457. The van der Waals surface area contributed by atoms with Crippen molar-refractivity contribution in [3.63, 3.8) is 0 Å². The highest BCUT2D eigenvalue weighted by Gasteiger charge is 1.96. The van der Waals surface area contributed by atoms with E-state index in [1.807, 2.05) is 36.4 Å². The van der Waals surface area contributed by atoms with Gasteiger partial charge in [-0.1, -0.05) is 18.2 Å². The van der Waals surface area contributed by atoms with E-state index >= 15 is 0 Å². The van der Waals surface area contributed by atoms with Crippen molar-refractivity contribution in [3.8, 4) is 0 Å². The van der Waals surface area contributed by atoms with Crippen LogP contribution in [0.2, 0.25) is 0 Å². The summed E-state index contributed by atoms with van der Waals surface area (Å²) < 4.78 is 0. The Morgan fingerprint density at radius 2 is 2.06 bits per heavy atom. The van der Waals surface area contributed by atoms with Gasteiger partial charge in [0, 0.05) is 18.5 Å². The van der Waals surface area contributed by atoms with Crippen LogP contribution in [0.25, 0.3) is 0 Å². The Morgan fingerprint density at radius 1 is 1.12 bits per heavy atom. The highest BCUT2D eigenvalue weighted by Crippen LogP contribution is 2.12.